The van der Waals surface area contributed by atoms with E-state index in [1.165, 1.54) is 27.7 Å². The molecule has 0 aliphatic heterocycles. The summed E-state index contributed by atoms with van der Waals surface area (Å²) >= 11 is 2.40. The zero-order valence-electron chi connectivity index (χ0n) is 8.20. The maximum Gasteiger partial charge on any atom is 0.106 e. The highest BCUT2D eigenvalue weighted by Gasteiger charge is 2.28. The van der Waals surface area contributed by atoms with E-state index in [0.29, 0.717) is 0 Å². The van der Waals surface area contributed by atoms with E-state index in [2.05, 4.69) is 57.1 Å². The fourth-order valence-electron chi connectivity index (χ4n) is 1.77. The van der Waals surface area contributed by atoms with Crippen molar-refractivity contribution in [2.45, 2.75) is 18.8 Å². The lowest BCUT2D eigenvalue weighted by Gasteiger charge is -1.97. The standard InChI is InChI=1S/C12H11IN2/c13-10-11(8-4-2-1-3-5-8)14-15-12(10)9-6-7-9/h1-5,9H,6-7H2,(H,14,15). The first-order valence-corrected chi connectivity index (χ1v) is 6.23. The van der Waals surface area contributed by atoms with Crippen LogP contribution < -0.4 is 0 Å². The molecule has 3 heteroatoms. The van der Waals surface area contributed by atoms with Gasteiger partial charge in [0.1, 0.15) is 5.69 Å². The molecule has 1 aromatic carbocycles. The molecule has 76 valence electrons. The smallest absolute Gasteiger partial charge is 0.106 e. The molecule has 0 unspecified atom stereocenters. The lowest BCUT2D eigenvalue weighted by atomic mass is 10.1. The van der Waals surface area contributed by atoms with Crippen LogP contribution in [-0.2, 0) is 0 Å². The van der Waals surface area contributed by atoms with Crippen LogP contribution in [0.5, 0.6) is 0 Å². The van der Waals surface area contributed by atoms with Crippen LogP contribution in [0.15, 0.2) is 30.3 Å². The van der Waals surface area contributed by atoms with E-state index in [-0.39, 0.29) is 0 Å². The van der Waals surface area contributed by atoms with Crippen molar-refractivity contribution in [2.24, 2.45) is 0 Å². The molecular formula is C12H11IN2. The fourth-order valence-corrected chi connectivity index (χ4v) is 2.76. The number of H-pyrrole nitrogens is 1. The largest absolute Gasteiger partial charge is 0.281 e. The van der Waals surface area contributed by atoms with Crippen LogP contribution in [0.2, 0.25) is 0 Å². The minimum Gasteiger partial charge on any atom is -0.281 e. The van der Waals surface area contributed by atoms with E-state index < -0.39 is 0 Å². The van der Waals surface area contributed by atoms with Gasteiger partial charge in [-0.2, -0.15) is 5.10 Å². The molecule has 1 aromatic heterocycles. The monoisotopic (exact) mass is 310 g/mol. The molecule has 15 heavy (non-hydrogen) atoms. The first kappa shape index (κ1) is 9.39. The molecule has 0 atom stereocenters. The van der Waals surface area contributed by atoms with Gasteiger partial charge in [0.05, 0.1) is 9.26 Å². The van der Waals surface area contributed by atoms with Gasteiger partial charge in [0.15, 0.2) is 0 Å². The van der Waals surface area contributed by atoms with Crippen LogP contribution in [-0.4, -0.2) is 10.2 Å². The number of aromatic amines is 1. The fraction of sp³-hybridized carbons (Fsp3) is 0.250. The third-order valence-electron chi connectivity index (χ3n) is 2.77. The Balaban J connectivity index is 2.05. The van der Waals surface area contributed by atoms with Gasteiger partial charge < -0.3 is 0 Å². The van der Waals surface area contributed by atoms with Crippen LogP contribution >= 0.6 is 22.6 Å². The molecule has 1 aliphatic rings. The Hall–Kier alpha value is -0.840. The highest BCUT2D eigenvalue weighted by Crippen LogP contribution is 2.42. The number of nitrogens with one attached hydrogen (secondary N) is 1. The van der Waals surface area contributed by atoms with Crippen molar-refractivity contribution in [3.63, 3.8) is 0 Å². The summed E-state index contributed by atoms with van der Waals surface area (Å²) in [6.07, 6.45) is 2.62. The van der Waals surface area contributed by atoms with Gasteiger partial charge in [0, 0.05) is 11.5 Å². The van der Waals surface area contributed by atoms with Gasteiger partial charge in [0.25, 0.3) is 0 Å². The van der Waals surface area contributed by atoms with Crippen LogP contribution in [0, 0.1) is 3.57 Å². The summed E-state index contributed by atoms with van der Waals surface area (Å²) in [7, 11) is 0. The van der Waals surface area contributed by atoms with Gasteiger partial charge in [-0.25, -0.2) is 0 Å². The summed E-state index contributed by atoms with van der Waals surface area (Å²) < 4.78 is 1.29. The van der Waals surface area contributed by atoms with Gasteiger partial charge in [-0.3, -0.25) is 5.10 Å². The lowest BCUT2D eigenvalue weighted by molar-refractivity contribution is 0.963. The summed E-state index contributed by atoms with van der Waals surface area (Å²) in [6, 6.07) is 10.3. The average Bonchev–Trinajstić information content (AvgIpc) is 3.04. The Labute approximate surface area is 102 Å². The van der Waals surface area contributed by atoms with Crippen molar-refractivity contribution in [1.82, 2.24) is 10.2 Å². The van der Waals surface area contributed by atoms with E-state index in [4.69, 9.17) is 0 Å². The molecule has 1 fully saturated rings. The number of aromatic nitrogens is 2. The van der Waals surface area contributed by atoms with Crippen LogP contribution in [0.3, 0.4) is 0 Å². The molecule has 1 heterocycles. The Morgan fingerprint density at radius 2 is 1.93 bits per heavy atom. The Kier molecular flexibility index (Phi) is 2.27. The van der Waals surface area contributed by atoms with Crippen molar-refractivity contribution in [3.8, 4) is 11.3 Å². The van der Waals surface area contributed by atoms with Crippen LogP contribution in [0.25, 0.3) is 11.3 Å². The third kappa shape index (κ3) is 1.69. The van der Waals surface area contributed by atoms with Gasteiger partial charge >= 0.3 is 0 Å². The second-order valence-electron chi connectivity index (χ2n) is 3.94. The Bertz CT molecular complexity index is 472. The number of nitrogens with zero attached hydrogens (tertiary/aromatic N) is 1. The quantitative estimate of drug-likeness (QED) is 0.844. The molecule has 3 rings (SSSR count). The second kappa shape index (κ2) is 3.63. The van der Waals surface area contributed by atoms with E-state index in [1.54, 1.807) is 0 Å². The molecule has 0 spiro atoms. The normalized spacial score (nSPS) is 15.5. The molecule has 0 radical (unpaired) electrons. The van der Waals surface area contributed by atoms with E-state index >= 15 is 0 Å². The van der Waals surface area contributed by atoms with E-state index in [9.17, 15) is 0 Å². The molecule has 2 aromatic rings. The molecule has 0 amide bonds. The first-order chi connectivity index (χ1) is 7.36. The van der Waals surface area contributed by atoms with Gasteiger partial charge in [0.2, 0.25) is 0 Å². The summed E-state index contributed by atoms with van der Waals surface area (Å²) in [5.41, 5.74) is 3.62. The number of halogens is 1. The maximum atomic E-state index is 4.41. The molecule has 1 N–H and O–H groups in total. The SMILES string of the molecule is Ic1c(-c2ccccc2)n[nH]c1C1CC1. The van der Waals surface area contributed by atoms with Crippen molar-refractivity contribution in [1.29, 1.82) is 0 Å². The number of hydrogen-bond donors (Lipinski definition) is 1. The Morgan fingerprint density at radius 1 is 1.20 bits per heavy atom. The molecular weight excluding hydrogens is 299 g/mol. The minimum absolute atomic E-state index is 0.738. The van der Waals surface area contributed by atoms with Gasteiger partial charge in [-0.05, 0) is 35.4 Å². The summed E-state index contributed by atoms with van der Waals surface area (Å²) in [5.74, 6) is 0.738. The Morgan fingerprint density at radius 3 is 2.60 bits per heavy atom. The average molecular weight is 310 g/mol. The molecule has 1 aliphatic carbocycles. The van der Waals surface area contributed by atoms with Crippen molar-refractivity contribution in [2.75, 3.05) is 0 Å². The van der Waals surface area contributed by atoms with Gasteiger partial charge in [-0.15, -0.1) is 0 Å². The first-order valence-electron chi connectivity index (χ1n) is 5.15. The minimum atomic E-state index is 0.738. The van der Waals surface area contributed by atoms with Gasteiger partial charge in [-0.1, -0.05) is 30.3 Å². The van der Waals surface area contributed by atoms with Crippen LogP contribution in [0.1, 0.15) is 24.5 Å². The molecule has 0 bridgehead atoms. The highest BCUT2D eigenvalue weighted by atomic mass is 127. The summed E-state index contributed by atoms with van der Waals surface area (Å²) in [4.78, 5) is 0. The van der Waals surface area contributed by atoms with E-state index in [1.807, 2.05) is 6.07 Å². The third-order valence-corrected chi connectivity index (χ3v) is 3.86. The predicted octanol–water partition coefficient (Wildman–Crippen LogP) is 3.56. The van der Waals surface area contributed by atoms with Crippen molar-refractivity contribution >= 4 is 22.6 Å². The highest BCUT2D eigenvalue weighted by molar-refractivity contribution is 14.1. The lowest BCUT2D eigenvalue weighted by Crippen LogP contribution is -1.82. The van der Waals surface area contributed by atoms with Crippen LogP contribution in [0.4, 0.5) is 0 Å². The van der Waals surface area contributed by atoms with Crippen molar-refractivity contribution in [3.05, 3.63) is 39.6 Å². The van der Waals surface area contributed by atoms with E-state index in [0.717, 1.165) is 11.6 Å². The zero-order valence-corrected chi connectivity index (χ0v) is 10.4. The maximum absolute atomic E-state index is 4.41. The molecule has 1 saturated carbocycles. The zero-order chi connectivity index (χ0) is 10.3. The summed E-state index contributed by atoms with van der Waals surface area (Å²) in [6.45, 7) is 0. The number of rotatable bonds is 2. The topological polar surface area (TPSA) is 28.7 Å². The predicted molar refractivity (Wildman–Crippen MR) is 68.7 cm³/mol. The molecule has 0 saturated heterocycles. The number of benzene rings is 1. The summed E-state index contributed by atoms with van der Waals surface area (Å²) in [5, 5.41) is 7.59. The second-order valence-corrected chi connectivity index (χ2v) is 5.02. The van der Waals surface area contributed by atoms with Crippen molar-refractivity contribution < 1.29 is 0 Å². The molecule has 2 nitrogen and oxygen atoms in total. The number of hydrogen-bond acceptors (Lipinski definition) is 1.